The lowest BCUT2D eigenvalue weighted by atomic mass is 9.85. The first kappa shape index (κ1) is 23.0. The van der Waals surface area contributed by atoms with Crippen LogP contribution in [0.4, 0.5) is 4.39 Å². The van der Waals surface area contributed by atoms with Crippen LogP contribution < -0.4 is 9.47 Å². The highest BCUT2D eigenvalue weighted by molar-refractivity contribution is 6.06. The van der Waals surface area contributed by atoms with Gasteiger partial charge in [-0.2, -0.15) is 10.1 Å². The van der Waals surface area contributed by atoms with Gasteiger partial charge in [0.1, 0.15) is 12.4 Å². The van der Waals surface area contributed by atoms with Crippen molar-refractivity contribution >= 4 is 18.0 Å². The molecule has 2 aromatic rings. The van der Waals surface area contributed by atoms with E-state index in [4.69, 9.17) is 9.47 Å². The van der Waals surface area contributed by atoms with Gasteiger partial charge in [0.25, 0.3) is 11.8 Å². The summed E-state index contributed by atoms with van der Waals surface area (Å²) in [6.45, 7) is 6.28. The number of fused-ring (bicyclic) bond motifs is 5. The van der Waals surface area contributed by atoms with Gasteiger partial charge in [-0.3, -0.25) is 9.59 Å². The zero-order valence-electron chi connectivity index (χ0n) is 19.5. The molecule has 4 atom stereocenters. The van der Waals surface area contributed by atoms with E-state index in [1.807, 2.05) is 13.0 Å². The van der Waals surface area contributed by atoms with Crippen molar-refractivity contribution in [3.8, 4) is 11.5 Å². The van der Waals surface area contributed by atoms with Gasteiger partial charge in [-0.05, 0) is 67.0 Å². The van der Waals surface area contributed by atoms with Crippen LogP contribution in [0.1, 0.15) is 30.0 Å². The molecule has 2 amide bonds. The molecule has 180 valence electrons. The third kappa shape index (κ3) is 4.27. The Morgan fingerprint density at radius 3 is 2.51 bits per heavy atom. The minimum atomic E-state index is -0.326. The van der Waals surface area contributed by atoms with Crippen LogP contribution in [0.25, 0.3) is 0 Å². The summed E-state index contributed by atoms with van der Waals surface area (Å²) in [6.07, 6.45) is 8.76. The number of benzene rings is 2. The number of hydrogen-bond donors (Lipinski definition) is 0. The van der Waals surface area contributed by atoms with Crippen LogP contribution in [0, 0.1) is 29.5 Å². The largest absolute Gasteiger partial charge is 0.490 e. The normalized spacial score (nSPS) is 24.5. The predicted octanol–water partition coefficient (Wildman–Crippen LogP) is 4.67. The molecule has 0 aromatic heterocycles. The van der Waals surface area contributed by atoms with E-state index in [1.165, 1.54) is 18.3 Å². The zero-order valence-corrected chi connectivity index (χ0v) is 19.5. The average molecular weight is 475 g/mol. The topological polar surface area (TPSA) is 68.2 Å². The number of halogens is 1. The Bertz CT molecular complexity index is 1210. The number of amides is 2. The lowest BCUT2D eigenvalue weighted by molar-refractivity contribution is -0.140. The maximum Gasteiger partial charge on any atom is 0.254 e. The monoisotopic (exact) mass is 474 g/mol. The first-order valence-electron chi connectivity index (χ1n) is 11.9. The summed E-state index contributed by atoms with van der Waals surface area (Å²) < 4.78 is 25.5. The highest BCUT2D eigenvalue weighted by Crippen LogP contribution is 2.52. The maximum atomic E-state index is 13.6. The molecule has 5 rings (SSSR count). The van der Waals surface area contributed by atoms with Crippen LogP contribution in [0.5, 0.6) is 11.5 Å². The molecule has 7 heteroatoms. The van der Waals surface area contributed by atoms with E-state index in [0.717, 1.165) is 17.0 Å². The molecular formula is C28H27FN2O4. The number of imide groups is 1. The van der Waals surface area contributed by atoms with Crippen molar-refractivity contribution in [1.82, 2.24) is 5.01 Å². The average Bonchev–Trinajstić information content (AvgIpc) is 3.52. The number of carbonyl (C=O) groups excluding carboxylic acids is 2. The van der Waals surface area contributed by atoms with E-state index in [9.17, 15) is 14.0 Å². The van der Waals surface area contributed by atoms with Crippen molar-refractivity contribution in [2.24, 2.45) is 28.8 Å². The third-order valence-corrected chi connectivity index (χ3v) is 6.86. The Kier molecular flexibility index (Phi) is 6.24. The minimum absolute atomic E-state index is 0.139. The molecule has 4 unspecified atom stereocenters. The van der Waals surface area contributed by atoms with E-state index in [1.54, 1.807) is 24.3 Å². The number of hydrazone groups is 1. The summed E-state index contributed by atoms with van der Waals surface area (Å²) in [5, 5.41) is 5.32. The van der Waals surface area contributed by atoms with Crippen LogP contribution in [0.15, 0.2) is 66.3 Å². The number of carbonyl (C=O) groups is 2. The Morgan fingerprint density at radius 2 is 1.86 bits per heavy atom. The maximum absolute atomic E-state index is 13.6. The smallest absolute Gasteiger partial charge is 0.254 e. The summed E-state index contributed by atoms with van der Waals surface area (Å²) >= 11 is 0. The van der Waals surface area contributed by atoms with Gasteiger partial charge >= 0.3 is 0 Å². The molecule has 1 saturated heterocycles. The molecule has 2 aliphatic carbocycles. The second-order valence-corrected chi connectivity index (χ2v) is 9.08. The van der Waals surface area contributed by atoms with Gasteiger partial charge in [-0.25, -0.2) is 4.39 Å². The predicted molar refractivity (Wildman–Crippen MR) is 129 cm³/mol. The molecule has 35 heavy (non-hydrogen) atoms. The van der Waals surface area contributed by atoms with E-state index in [0.29, 0.717) is 35.7 Å². The molecule has 1 aliphatic heterocycles. The summed E-state index contributed by atoms with van der Waals surface area (Å²) in [5.74, 6) is -0.0274. The molecule has 3 aliphatic rings. The number of rotatable bonds is 9. The summed E-state index contributed by atoms with van der Waals surface area (Å²) in [5.41, 5.74) is 2.17. The number of nitrogens with zero attached hydrogens (tertiary/aromatic N) is 2. The zero-order chi connectivity index (χ0) is 24.5. The number of ether oxygens (including phenoxy) is 2. The van der Waals surface area contributed by atoms with Crippen LogP contribution >= 0.6 is 0 Å². The van der Waals surface area contributed by atoms with E-state index in [2.05, 4.69) is 23.8 Å². The summed E-state index contributed by atoms with van der Waals surface area (Å²) in [6, 6.07) is 9.87. The van der Waals surface area contributed by atoms with Crippen LogP contribution in [0.3, 0.4) is 0 Å². The number of hydrogen-bond acceptors (Lipinski definition) is 5. The van der Waals surface area contributed by atoms with Crippen LogP contribution in [-0.4, -0.2) is 29.6 Å². The van der Waals surface area contributed by atoms with Crippen molar-refractivity contribution in [2.45, 2.75) is 26.4 Å². The lowest BCUT2D eigenvalue weighted by Crippen LogP contribution is -2.28. The first-order valence-corrected chi connectivity index (χ1v) is 11.9. The van der Waals surface area contributed by atoms with E-state index < -0.39 is 0 Å². The van der Waals surface area contributed by atoms with Crippen molar-refractivity contribution < 1.29 is 23.5 Å². The summed E-state index contributed by atoms with van der Waals surface area (Å²) in [4.78, 5) is 25.8. The van der Waals surface area contributed by atoms with E-state index >= 15 is 0 Å². The van der Waals surface area contributed by atoms with Crippen molar-refractivity contribution in [2.75, 3.05) is 6.61 Å². The highest BCUT2D eigenvalue weighted by atomic mass is 19.1. The second-order valence-electron chi connectivity index (χ2n) is 9.08. The quantitative estimate of drug-likeness (QED) is 0.301. The van der Waals surface area contributed by atoms with Crippen LogP contribution in [0.2, 0.25) is 0 Å². The lowest BCUT2D eigenvalue weighted by Gasteiger charge is -2.17. The number of allylic oxidation sites excluding steroid dienone is 3. The van der Waals surface area contributed by atoms with Crippen molar-refractivity contribution in [3.63, 3.8) is 0 Å². The van der Waals surface area contributed by atoms with Gasteiger partial charge in [0.2, 0.25) is 0 Å². The Labute approximate surface area is 203 Å². The molecule has 1 saturated carbocycles. The third-order valence-electron chi connectivity index (χ3n) is 6.86. The minimum Gasteiger partial charge on any atom is -0.490 e. The van der Waals surface area contributed by atoms with Gasteiger partial charge in [0.15, 0.2) is 11.5 Å². The molecular weight excluding hydrogens is 447 g/mol. The fraction of sp³-hybridized carbons (Fsp3) is 0.321. The molecule has 6 nitrogen and oxygen atoms in total. The second kappa shape index (κ2) is 9.49. The Balaban J connectivity index is 1.40. The van der Waals surface area contributed by atoms with E-state index in [-0.39, 0.29) is 47.9 Å². The molecule has 0 N–H and O–H groups in total. The van der Waals surface area contributed by atoms with Crippen molar-refractivity contribution in [3.05, 3.63) is 83.7 Å². The molecule has 2 bridgehead atoms. The Morgan fingerprint density at radius 1 is 1.11 bits per heavy atom. The van der Waals surface area contributed by atoms with Gasteiger partial charge in [0, 0.05) is 5.56 Å². The molecule has 0 spiro atoms. The molecule has 2 fully saturated rings. The molecule has 0 radical (unpaired) electrons. The summed E-state index contributed by atoms with van der Waals surface area (Å²) in [7, 11) is 0. The standard InChI is InChI=1S/C28H27FN2O4/c1-3-6-21-11-18(13-23(34-4-2)26(21)35-16-17-7-5-8-22(29)12-17)15-30-31-27(32)24-19-9-10-20(14-19)25(24)28(31)33/h3,5,7-13,15,19-20,24-25H,1,4,6,14,16H2,2H3. The van der Waals surface area contributed by atoms with Gasteiger partial charge < -0.3 is 9.47 Å². The van der Waals surface area contributed by atoms with Crippen LogP contribution in [-0.2, 0) is 22.6 Å². The van der Waals surface area contributed by atoms with Crippen molar-refractivity contribution in [1.29, 1.82) is 0 Å². The highest BCUT2D eigenvalue weighted by Gasteiger charge is 2.59. The SMILES string of the molecule is C=CCc1cc(C=NN2C(=O)C3C4C=CC(C4)C3C2=O)cc(OCC)c1OCc1cccc(F)c1. The van der Waals surface area contributed by atoms with Gasteiger partial charge in [0.05, 0.1) is 24.7 Å². The van der Waals surface area contributed by atoms with Gasteiger partial charge in [-0.15, -0.1) is 6.58 Å². The van der Waals surface area contributed by atoms with Gasteiger partial charge in [-0.1, -0.05) is 30.4 Å². The fourth-order valence-electron chi connectivity index (χ4n) is 5.40. The molecule has 2 aromatic carbocycles. The Hall–Kier alpha value is -3.74. The fourth-order valence-corrected chi connectivity index (χ4v) is 5.40. The molecule has 1 heterocycles. The first-order chi connectivity index (χ1) is 17.0.